The highest BCUT2D eigenvalue weighted by Gasteiger charge is 2.40. The maximum Gasteiger partial charge on any atom is 0.248 e. The number of benzene rings is 1. The Morgan fingerprint density at radius 3 is 2.29 bits per heavy atom. The molecule has 1 atom stereocenters. The van der Waals surface area contributed by atoms with Gasteiger partial charge in [0, 0.05) is 5.56 Å². The van der Waals surface area contributed by atoms with E-state index in [1.54, 1.807) is 24.3 Å². The van der Waals surface area contributed by atoms with E-state index in [2.05, 4.69) is 13.8 Å². The molecule has 1 saturated carbocycles. The van der Waals surface area contributed by atoms with Gasteiger partial charge in [0.1, 0.15) is 0 Å². The van der Waals surface area contributed by atoms with E-state index in [9.17, 15) is 9.90 Å². The Bertz CT molecular complexity index is 414. The molecule has 0 heterocycles. The van der Waals surface area contributed by atoms with E-state index in [4.69, 9.17) is 5.73 Å². The minimum atomic E-state index is -0.434. The smallest absolute Gasteiger partial charge is 0.248 e. The molecule has 92 valence electrons. The molecule has 0 saturated heterocycles. The van der Waals surface area contributed by atoms with Crippen LogP contribution in [-0.4, -0.2) is 11.0 Å². The van der Waals surface area contributed by atoms with Crippen LogP contribution >= 0.6 is 0 Å². The van der Waals surface area contributed by atoms with Crippen LogP contribution in [0.1, 0.15) is 48.7 Å². The maximum absolute atomic E-state index is 10.9. The summed E-state index contributed by atoms with van der Waals surface area (Å²) >= 11 is 0. The summed E-state index contributed by atoms with van der Waals surface area (Å²) in [5, 5.41) is 10.2. The highest BCUT2D eigenvalue weighted by Crippen LogP contribution is 2.50. The van der Waals surface area contributed by atoms with E-state index in [-0.39, 0.29) is 0 Å². The van der Waals surface area contributed by atoms with Crippen LogP contribution in [0, 0.1) is 11.3 Å². The Hall–Kier alpha value is -1.35. The third-order valence-electron chi connectivity index (χ3n) is 3.61. The van der Waals surface area contributed by atoms with Gasteiger partial charge in [0.25, 0.3) is 0 Å². The molecular weight excluding hydrogens is 214 g/mol. The molecule has 2 rings (SSSR count). The lowest BCUT2D eigenvalue weighted by atomic mass is 9.62. The molecule has 1 aliphatic carbocycles. The van der Waals surface area contributed by atoms with E-state index in [1.165, 1.54) is 0 Å². The first-order valence-electron chi connectivity index (χ1n) is 5.97. The SMILES string of the molecule is CC1(C)CC(C(O)c2ccc(C(N)=O)cc2)C1. The van der Waals surface area contributed by atoms with Crippen LogP contribution < -0.4 is 5.73 Å². The molecule has 1 amide bonds. The lowest BCUT2D eigenvalue weighted by Gasteiger charge is -2.45. The number of amides is 1. The number of primary amides is 1. The Labute approximate surface area is 102 Å². The lowest BCUT2D eigenvalue weighted by Crippen LogP contribution is -2.35. The van der Waals surface area contributed by atoms with E-state index in [0.717, 1.165) is 18.4 Å². The van der Waals surface area contributed by atoms with Crippen molar-refractivity contribution >= 4 is 5.91 Å². The number of aliphatic hydroxyl groups is 1. The van der Waals surface area contributed by atoms with Crippen molar-refractivity contribution in [1.82, 2.24) is 0 Å². The topological polar surface area (TPSA) is 63.3 Å². The average molecular weight is 233 g/mol. The van der Waals surface area contributed by atoms with Crippen LogP contribution in [0.5, 0.6) is 0 Å². The zero-order chi connectivity index (χ0) is 12.6. The summed E-state index contributed by atoms with van der Waals surface area (Å²) in [6.45, 7) is 4.43. The predicted octanol–water partition coefficient (Wildman–Crippen LogP) is 2.26. The molecule has 3 heteroatoms. The van der Waals surface area contributed by atoms with Crippen molar-refractivity contribution < 1.29 is 9.90 Å². The van der Waals surface area contributed by atoms with E-state index in [0.29, 0.717) is 16.9 Å². The number of aliphatic hydroxyl groups excluding tert-OH is 1. The summed E-state index contributed by atoms with van der Waals surface area (Å²) in [6, 6.07) is 6.92. The summed E-state index contributed by atoms with van der Waals surface area (Å²) in [6.07, 6.45) is 1.67. The average Bonchev–Trinajstić information content (AvgIpc) is 2.25. The quantitative estimate of drug-likeness (QED) is 0.841. The zero-order valence-electron chi connectivity index (χ0n) is 10.3. The molecule has 0 spiro atoms. The van der Waals surface area contributed by atoms with Crippen molar-refractivity contribution in [3.8, 4) is 0 Å². The normalized spacial score (nSPS) is 20.6. The number of carbonyl (C=O) groups excluding carboxylic acids is 1. The van der Waals surface area contributed by atoms with Gasteiger partial charge in [0.2, 0.25) is 5.91 Å². The molecule has 0 radical (unpaired) electrons. The van der Waals surface area contributed by atoms with Crippen molar-refractivity contribution in [3.05, 3.63) is 35.4 Å². The second-order valence-corrected chi connectivity index (χ2v) is 5.76. The van der Waals surface area contributed by atoms with Gasteiger partial charge in [-0.25, -0.2) is 0 Å². The Morgan fingerprint density at radius 2 is 1.88 bits per heavy atom. The molecular formula is C14H19NO2. The molecule has 3 N–H and O–H groups in total. The molecule has 1 aromatic rings. The fraction of sp³-hybridized carbons (Fsp3) is 0.500. The van der Waals surface area contributed by atoms with Gasteiger partial charge in [-0.1, -0.05) is 26.0 Å². The van der Waals surface area contributed by atoms with Crippen LogP contribution in [0.4, 0.5) is 0 Å². The molecule has 1 aliphatic rings. The van der Waals surface area contributed by atoms with Crippen molar-refractivity contribution in [2.45, 2.75) is 32.8 Å². The molecule has 1 fully saturated rings. The van der Waals surface area contributed by atoms with Gasteiger partial charge < -0.3 is 10.8 Å². The zero-order valence-corrected chi connectivity index (χ0v) is 10.3. The number of rotatable bonds is 3. The van der Waals surface area contributed by atoms with Gasteiger partial charge >= 0.3 is 0 Å². The van der Waals surface area contributed by atoms with Crippen molar-refractivity contribution in [3.63, 3.8) is 0 Å². The van der Waals surface area contributed by atoms with Crippen molar-refractivity contribution in [2.24, 2.45) is 17.1 Å². The number of hydrogen-bond acceptors (Lipinski definition) is 2. The lowest BCUT2D eigenvalue weighted by molar-refractivity contribution is -0.0147. The molecule has 1 unspecified atom stereocenters. The van der Waals surface area contributed by atoms with E-state index in [1.807, 2.05) is 0 Å². The Kier molecular flexibility index (Phi) is 2.96. The minimum absolute atomic E-state index is 0.337. The molecule has 0 aliphatic heterocycles. The summed E-state index contributed by atoms with van der Waals surface area (Å²) in [4.78, 5) is 10.9. The van der Waals surface area contributed by atoms with Crippen molar-refractivity contribution in [1.29, 1.82) is 0 Å². The first kappa shape index (κ1) is 12.1. The van der Waals surface area contributed by atoms with Crippen LogP contribution in [-0.2, 0) is 0 Å². The fourth-order valence-electron chi connectivity index (χ4n) is 2.70. The predicted molar refractivity (Wildman–Crippen MR) is 66.4 cm³/mol. The Balaban J connectivity index is 2.05. The van der Waals surface area contributed by atoms with Crippen LogP contribution in [0.15, 0.2) is 24.3 Å². The minimum Gasteiger partial charge on any atom is -0.388 e. The van der Waals surface area contributed by atoms with Gasteiger partial charge in [-0.05, 0) is 41.9 Å². The molecule has 0 bridgehead atoms. The van der Waals surface area contributed by atoms with Gasteiger partial charge in [-0.3, -0.25) is 4.79 Å². The molecule has 3 nitrogen and oxygen atoms in total. The van der Waals surface area contributed by atoms with E-state index >= 15 is 0 Å². The fourth-order valence-corrected chi connectivity index (χ4v) is 2.70. The molecule has 0 aromatic heterocycles. The third-order valence-corrected chi connectivity index (χ3v) is 3.61. The largest absolute Gasteiger partial charge is 0.388 e. The number of carbonyl (C=O) groups is 1. The number of hydrogen-bond donors (Lipinski definition) is 2. The summed E-state index contributed by atoms with van der Waals surface area (Å²) in [5.41, 5.74) is 6.88. The maximum atomic E-state index is 10.9. The summed E-state index contributed by atoms with van der Waals surface area (Å²) < 4.78 is 0. The Morgan fingerprint density at radius 1 is 1.35 bits per heavy atom. The monoisotopic (exact) mass is 233 g/mol. The van der Waals surface area contributed by atoms with Gasteiger partial charge in [0.15, 0.2) is 0 Å². The molecule has 17 heavy (non-hydrogen) atoms. The number of nitrogens with two attached hydrogens (primary N) is 1. The highest BCUT2D eigenvalue weighted by molar-refractivity contribution is 5.92. The van der Waals surface area contributed by atoms with Crippen LogP contribution in [0.2, 0.25) is 0 Å². The van der Waals surface area contributed by atoms with Crippen LogP contribution in [0.25, 0.3) is 0 Å². The standard InChI is InChI=1S/C14H19NO2/c1-14(2)7-11(8-14)12(16)9-3-5-10(6-4-9)13(15)17/h3-6,11-12,16H,7-8H2,1-2H3,(H2,15,17). The summed E-state index contributed by atoms with van der Waals surface area (Å²) in [5.74, 6) is -0.0970. The first-order chi connectivity index (χ1) is 7.89. The van der Waals surface area contributed by atoms with Gasteiger partial charge in [0.05, 0.1) is 6.10 Å². The summed E-state index contributed by atoms with van der Waals surface area (Å²) in [7, 11) is 0. The second-order valence-electron chi connectivity index (χ2n) is 5.76. The third kappa shape index (κ3) is 2.50. The van der Waals surface area contributed by atoms with Crippen molar-refractivity contribution in [2.75, 3.05) is 0 Å². The van der Waals surface area contributed by atoms with E-state index < -0.39 is 12.0 Å². The molecule has 1 aromatic carbocycles. The van der Waals surface area contributed by atoms with Gasteiger partial charge in [-0.15, -0.1) is 0 Å². The second kappa shape index (κ2) is 4.15. The van der Waals surface area contributed by atoms with Crippen LogP contribution in [0.3, 0.4) is 0 Å². The highest BCUT2D eigenvalue weighted by atomic mass is 16.3. The first-order valence-corrected chi connectivity index (χ1v) is 5.97. The van der Waals surface area contributed by atoms with Gasteiger partial charge in [-0.2, -0.15) is 0 Å².